The Bertz CT molecular complexity index is 916. The summed E-state index contributed by atoms with van der Waals surface area (Å²) in [5, 5.41) is 0. The van der Waals surface area contributed by atoms with Gasteiger partial charge < -0.3 is 0 Å². The molecule has 0 fully saturated rings. The molecule has 1 aliphatic rings. The Morgan fingerprint density at radius 3 is 2.58 bits per heavy atom. The zero-order chi connectivity index (χ0) is 17.0. The molecule has 2 aromatic rings. The van der Waals surface area contributed by atoms with E-state index in [-0.39, 0.29) is 17.2 Å². The number of nitrogens with one attached hydrogen (secondary N) is 1. The van der Waals surface area contributed by atoms with Gasteiger partial charge in [0.05, 0.1) is 23.7 Å². The first-order valence-corrected chi connectivity index (χ1v) is 8.94. The molecule has 2 aromatic carbocycles. The van der Waals surface area contributed by atoms with Gasteiger partial charge in [-0.1, -0.05) is 42.5 Å². The second-order valence-corrected chi connectivity index (χ2v) is 7.04. The average Bonchev–Trinajstić information content (AvgIpc) is 3.15. The lowest BCUT2D eigenvalue weighted by molar-refractivity contribution is 0.0997. The van der Waals surface area contributed by atoms with Crippen molar-refractivity contribution in [1.82, 2.24) is 4.72 Å². The van der Waals surface area contributed by atoms with Gasteiger partial charge in [0.25, 0.3) is 0 Å². The Morgan fingerprint density at radius 2 is 1.88 bits per heavy atom. The number of hydrogen-bond donors (Lipinski definition) is 1. The standard InChI is InChI=1S/C18H16N2O3S/c21-18(13-20-24(22,23)16-8-2-1-3-9-16)15-7-4-6-14(12-15)17-10-5-11-19-17/h1-10,12,20H,11,13H2. The maximum absolute atomic E-state index is 12.3. The molecule has 0 atom stereocenters. The molecule has 24 heavy (non-hydrogen) atoms. The number of carbonyl (C=O) groups is 1. The van der Waals surface area contributed by atoms with Crippen LogP contribution in [-0.4, -0.2) is 33.0 Å². The molecule has 0 unspecified atom stereocenters. The van der Waals surface area contributed by atoms with Crippen molar-refractivity contribution in [2.24, 2.45) is 4.99 Å². The van der Waals surface area contributed by atoms with Gasteiger partial charge in [0, 0.05) is 11.1 Å². The fraction of sp³-hybridized carbons (Fsp3) is 0.111. The summed E-state index contributed by atoms with van der Waals surface area (Å²) in [7, 11) is -3.69. The zero-order valence-corrected chi connectivity index (χ0v) is 13.7. The monoisotopic (exact) mass is 340 g/mol. The number of ketones is 1. The molecule has 1 N–H and O–H groups in total. The molecule has 0 saturated carbocycles. The molecule has 1 heterocycles. The molecule has 5 nitrogen and oxygen atoms in total. The van der Waals surface area contributed by atoms with Crippen LogP contribution in [0.1, 0.15) is 15.9 Å². The van der Waals surface area contributed by atoms with Crippen LogP contribution < -0.4 is 4.72 Å². The predicted octanol–water partition coefficient (Wildman–Crippen LogP) is 2.21. The van der Waals surface area contributed by atoms with Crippen molar-refractivity contribution >= 4 is 21.5 Å². The summed E-state index contributed by atoms with van der Waals surface area (Å²) in [6, 6.07) is 15.0. The molecule has 0 amide bonds. The van der Waals surface area contributed by atoms with E-state index in [1.165, 1.54) is 12.1 Å². The lowest BCUT2D eigenvalue weighted by atomic mass is 10.0. The molecular weight excluding hydrogens is 324 g/mol. The van der Waals surface area contributed by atoms with Crippen LogP contribution in [-0.2, 0) is 10.0 Å². The number of Topliss-reactive ketones (excluding diaryl/α,β-unsaturated/α-hetero) is 1. The molecule has 0 saturated heterocycles. The van der Waals surface area contributed by atoms with Crippen LogP contribution in [0.2, 0.25) is 0 Å². The van der Waals surface area contributed by atoms with E-state index in [0.29, 0.717) is 12.1 Å². The third-order valence-corrected chi connectivity index (χ3v) is 5.02. The first kappa shape index (κ1) is 16.3. The van der Waals surface area contributed by atoms with Crippen molar-refractivity contribution in [3.8, 4) is 0 Å². The average molecular weight is 340 g/mol. The molecule has 122 valence electrons. The Hall–Kier alpha value is -2.57. The largest absolute Gasteiger partial charge is 0.293 e. The first-order valence-electron chi connectivity index (χ1n) is 7.45. The maximum Gasteiger partial charge on any atom is 0.240 e. The molecule has 6 heteroatoms. The van der Waals surface area contributed by atoms with E-state index in [4.69, 9.17) is 0 Å². The first-order chi connectivity index (χ1) is 11.6. The molecule has 0 aliphatic carbocycles. The summed E-state index contributed by atoms with van der Waals surface area (Å²) in [5.74, 6) is -0.293. The Kier molecular flexibility index (Phi) is 4.69. The van der Waals surface area contributed by atoms with Crippen molar-refractivity contribution < 1.29 is 13.2 Å². The summed E-state index contributed by atoms with van der Waals surface area (Å²) >= 11 is 0. The quantitative estimate of drug-likeness (QED) is 0.819. The third-order valence-electron chi connectivity index (χ3n) is 3.60. The van der Waals surface area contributed by atoms with Gasteiger partial charge in [-0.25, -0.2) is 13.1 Å². The highest BCUT2D eigenvalue weighted by Gasteiger charge is 2.16. The van der Waals surface area contributed by atoms with Gasteiger partial charge >= 0.3 is 0 Å². The molecule has 0 bridgehead atoms. The van der Waals surface area contributed by atoms with Gasteiger partial charge in [-0.15, -0.1) is 0 Å². The van der Waals surface area contributed by atoms with Crippen LogP contribution in [0.15, 0.2) is 76.6 Å². The Morgan fingerprint density at radius 1 is 1.08 bits per heavy atom. The van der Waals surface area contributed by atoms with Crippen LogP contribution in [0.3, 0.4) is 0 Å². The fourth-order valence-corrected chi connectivity index (χ4v) is 3.36. The predicted molar refractivity (Wildman–Crippen MR) is 92.9 cm³/mol. The highest BCUT2D eigenvalue weighted by molar-refractivity contribution is 7.89. The normalized spacial score (nSPS) is 13.8. The van der Waals surface area contributed by atoms with Crippen molar-refractivity contribution in [1.29, 1.82) is 0 Å². The van der Waals surface area contributed by atoms with Crippen molar-refractivity contribution in [2.45, 2.75) is 4.90 Å². The smallest absolute Gasteiger partial charge is 0.240 e. The van der Waals surface area contributed by atoms with Crippen molar-refractivity contribution in [3.63, 3.8) is 0 Å². The van der Waals surface area contributed by atoms with E-state index in [2.05, 4.69) is 9.71 Å². The lowest BCUT2D eigenvalue weighted by Gasteiger charge is -2.07. The number of nitrogens with zero attached hydrogens (tertiary/aromatic N) is 1. The number of hydrogen-bond acceptors (Lipinski definition) is 4. The van der Waals surface area contributed by atoms with Gasteiger partial charge in [0.2, 0.25) is 10.0 Å². The van der Waals surface area contributed by atoms with Crippen LogP contribution >= 0.6 is 0 Å². The lowest BCUT2D eigenvalue weighted by Crippen LogP contribution is -2.29. The number of rotatable bonds is 6. The van der Waals surface area contributed by atoms with E-state index in [0.717, 1.165) is 11.3 Å². The highest BCUT2D eigenvalue weighted by atomic mass is 32.2. The minimum absolute atomic E-state index is 0.136. The van der Waals surface area contributed by atoms with Gasteiger partial charge in [0.15, 0.2) is 5.78 Å². The SMILES string of the molecule is O=C(CNS(=O)(=O)c1ccccc1)c1cccc(C2=NCC=C2)c1. The van der Waals surface area contributed by atoms with Crippen molar-refractivity contribution in [3.05, 3.63) is 77.9 Å². The molecule has 0 aromatic heterocycles. The number of benzene rings is 2. The van der Waals surface area contributed by atoms with Crippen LogP contribution in [0.5, 0.6) is 0 Å². The molecule has 1 aliphatic heterocycles. The summed E-state index contributed by atoms with van der Waals surface area (Å²) in [4.78, 5) is 16.8. The van der Waals surface area contributed by atoms with E-state index >= 15 is 0 Å². The topological polar surface area (TPSA) is 75.6 Å². The summed E-state index contributed by atoms with van der Waals surface area (Å²) in [6.07, 6.45) is 3.85. The van der Waals surface area contributed by atoms with Gasteiger partial charge in [0.1, 0.15) is 0 Å². The molecular formula is C18H16N2O3S. The van der Waals surface area contributed by atoms with Gasteiger partial charge in [-0.3, -0.25) is 9.79 Å². The summed E-state index contributed by atoms with van der Waals surface area (Å²) < 4.78 is 26.6. The summed E-state index contributed by atoms with van der Waals surface area (Å²) in [5.41, 5.74) is 2.13. The van der Waals surface area contributed by atoms with E-state index in [1.807, 2.05) is 18.2 Å². The highest BCUT2D eigenvalue weighted by Crippen LogP contribution is 2.12. The number of aliphatic imine (C=N–C) groups is 1. The van der Waals surface area contributed by atoms with Gasteiger partial charge in [-0.2, -0.15) is 0 Å². The zero-order valence-electron chi connectivity index (χ0n) is 12.8. The van der Waals surface area contributed by atoms with Crippen molar-refractivity contribution in [2.75, 3.05) is 13.1 Å². The fourth-order valence-electron chi connectivity index (χ4n) is 2.35. The number of carbonyl (C=O) groups excluding carboxylic acids is 1. The van der Waals surface area contributed by atoms with Crippen LogP contribution in [0.4, 0.5) is 0 Å². The third kappa shape index (κ3) is 3.67. The number of allylic oxidation sites excluding steroid dienone is 1. The number of sulfonamides is 1. The second-order valence-electron chi connectivity index (χ2n) is 5.27. The molecule has 3 rings (SSSR count). The van der Waals surface area contributed by atoms with Crippen LogP contribution in [0, 0.1) is 0 Å². The van der Waals surface area contributed by atoms with E-state index in [9.17, 15) is 13.2 Å². The van der Waals surface area contributed by atoms with Crippen LogP contribution in [0.25, 0.3) is 0 Å². The summed E-state index contributed by atoms with van der Waals surface area (Å²) in [6.45, 7) is 0.355. The minimum atomic E-state index is -3.69. The molecule has 0 spiro atoms. The Balaban J connectivity index is 1.72. The van der Waals surface area contributed by atoms with E-state index in [1.54, 1.807) is 36.4 Å². The minimum Gasteiger partial charge on any atom is -0.293 e. The Labute approximate surface area is 140 Å². The molecule has 0 radical (unpaired) electrons. The van der Waals surface area contributed by atoms with Gasteiger partial charge in [-0.05, 0) is 24.3 Å². The van der Waals surface area contributed by atoms with E-state index < -0.39 is 10.0 Å². The second kappa shape index (κ2) is 6.90. The maximum atomic E-state index is 12.3.